The molecule has 0 unspecified atom stereocenters. The second-order valence-electron chi connectivity index (χ2n) is 7.39. The van der Waals surface area contributed by atoms with Crippen LogP contribution in [-0.2, 0) is 24.1 Å². The van der Waals surface area contributed by atoms with E-state index in [0.29, 0.717) is 28.1 Å². The zero-order valence-electron chi connectivity index (χ0n) is 16.2. The van der Waals surface area contributed by atoms with Gasteiger partial charge in [0.25, 0.3) is 0 Å². The first-order chi connectivity index (χ1) is 14.7. The molecule has 2 aromatic heterocycles. The van der Waals surface area contributed by atoms with Crippen molar-refractivity contribution in [3.05, 3.63) is 63.5 Å². The van der Waals surface area contributed by atoms with Crippen LogP contribution in [0.2, 0.25) is 10.0 Å². The van der Waals surface area contributed by atoms with Gasteiger partial charge in [-0.3, -0.25) is 14.2 Å². The number of benzene rings is 1. The molecule has 0 bridgehead atoms. The average molecular weight is 472 g/mol. The molecule has 0 saturated heterocycles. The van der Waals surface area contributed by atoms with Crippen LogP contribution in [0.15, 0.2) is 36.5 Å². The Morgan fingerprint density at radius 1 is 1.13 bits per heavy atom. The molecule has 1 fully saturated rings. The highest BCUT2D eigenvalue weighted by atomic mass is 35.5. The van der Waals surface area contributed by atoms with Crippen molar-refractivity contribution >= 4 is 34.9 Å². The Hall–Kier alpha value is -2.52. The summed E-state index contributed by atoms with van der Waals surface area (Å²) >= 11 is 11.9. The number of nitrogens with one attached hydrogen (secondary N) is 1. The molecule has 0 spiro atoms. The molecule has 11 heteroatoms. The summed E-state index contributed by atoms with van der Waals surface area (Å²) in [6.07, 6.45) is -1.14. The van der Waals surface area contributed by atoms with Gasteiger partial charge in [0.2, 0.25) is 5.91 Å². The van der Waals surface area contributed by atoms with Crippen LogP contribution in [-0.4, -0.2) is 25.5 Å². The first kappa shape index (κ1) is 21.7. The Labute approximate surface area is 185 Å². The van der Waals surface area contributed by atoms with Crippen molar-refractivity contribution in [3.63, 3.8) is 0 Å². The van der Waals surface area contributed by atoms with E-state index >= 15 is 0 Å². The van der Waals surface area contributed by atoms with Gasteiger partial charge in [-0.25, -0.2) is 0 Å². The second-order valence-corrected chi connectivity index (χ2v) is 8.21. The van der Waals surface area contributed by atoms with E-state index in [2.05, 4.69) is 15.5 Å². The van der Waals surface area contributed by atoms with Crippen molar-refractivity contribution in [2.24, 2.45) is 0 Å². The van der Waals surface area contributed by atoms with Gasteiger partial charge in [0, 0.05) is 36.8 Å². The molecule has 1 amide bonds. The van der Waals surface area contributed by atoms with E-state index in [1.807, 2.05) is 6.07 Å². The number of amides is 1. The van der Waals surface area contributed by atoms with Gasteiger partial charge in [-0.2, -0.15) is 23.4 Å². The lowest BCUT2D eigenvalue weighted by Crippen LogP contribution is -2.17. The molecule has 4 rings (SSSR count). The van der Waals surface area contributed by atoms with E-state index in [1.165, 1.54) is 4.68 Å². The monoisotopic (exact) mass is 471 g/mol. The zero-order chi connectivity index (χ0) is 22.2. The summed E-state index contributed by atoms with van der Waals surface area (Å²) in [5.74, 6) is 0.0817. The number of carbonyl (C=O) groups excluding carboxylic acids is 1. The maximum absolute atomic E-state index is 13.0. The van der Waals surface area contributed by atoms with Crippen molar-refractivity contribution < 1.29 is 18.0 Å². The Morgan fingerprint density at radius 3 is 2.58 bits per heavy atom. The van der Waals surface area contributed by atoms with Gasteiger partial charge in [0.15, 0.2) is 11.5 Å². The van der Waals surface area contributed by atoms with Crippen LogP contribution in [0.1, 0.15) is 42.1 Å². The average Bonchev–Trinajstić information content (AvgIpc) is 3.29. The maximum Gasteiger partial charge on any atom is 0.435 e. The number of anilines is 1. The van der Waals surface area contributed by atoms with Crippen LogP contribution in [0.5, 0.6) is 0 Å². The van der Waals surface area contributed by atoms with Gasteiger partial charge in [0.1, 0.15) is 0 Å². The van der Waals surface area contributed by atoms with Crippen molar-refractivity contribution in [1.29, 1.82) is 0 Å². The molecule has 3 aromatic rings. The summed E-state index contributed by atoms with van der Waals surface area (Å²) in [6.45, 7) is 0.503. The highest BCUT2D eigenvalue weighted by Gasteiger charge is 2.37. The largest absolute Gasteiger partial charge is 0.435 e. The summed E-state index contributed by atoms with van der Waals surface area (Å²) < 4.78 is 41.8. The highest BCUT2D eigenvalue weighted by molar-refractivity contribution is 6.42. The fourth-order valence-electron chi connectivity index (χ4n) is 3.21. The Bertz CT molecular complexity index is 1100. The minimum atomic E-state index is -4.50. The van der Waals surface area contributed by atoms with Crippen LogP contribution >= 0.6 is 23.2 Å². The SMILES string of the molecule is O=C(CCn1nc(C(F)(F)F)cc1C1CC1)Nc1ccn(Cc2ccc(Cl)c(Cl)c2)n1. The standard InChI is InChI=1S/C20H18Cl2F3N5O/c21-14-4-1-12(9-15(14)22)11-29-7-5-18(28-29)26-19(31)6-8-30-16(13-2-3-13)10-17(27-30)20(23,24)25/h1,4-5,7,9-10,13H,2-3,6,8,11H2,(H,26,28,31). The Balaban J connectivity index is 1.34. The molecule has 164 valence electrons. The number of nitrogens with zero attached hydrogens (tertiary/aromatic N) is 4. The molecular weight excluding hydrogens is 454 g/mol. The molecule has 1 N–H and O–H groups in total. The summed E-state index contributed by atoms with van der Waals surface area (Å²) in [5.41, 5.74) is 0.504. The van der Waals surface area contributed by atoms with Crippen LogP contribution in [0, 0.1) is 0 Å². The molecule has 0 radical (unpaired) electrons. The normalized spacial score (nSPS) is 14.1. The molecule has 1 saturated carbocycles. The summed E-state index contributed by atoms with van der Waals surface area (Å²) in [7, 11) is 0. The predicted octanol–water partition coefficient (Wildman–Crippen LogP) is 5.36. The third kappa shape index (κ3) is 5.40. The summed E-state index contributed by atoms with van der Waals surface area (Å²) in [4.78, 5) is 12.3. The molecule has 0 atom stereocenters. The third-order valence-corrected chi connectivity index (χ3v) is 5.62. The fraction of sp³-hybridized carbons (Fsp3) is 0.350. The molecule has 31 heavy (non-hydrogen) atoms. The smallest absolute Gasteiger partial charge is 0.309 e. The second kappa shape index (κ2) is 8.55. The van der Waals surface area contributed by atoms with Gasteiger partial charge in [-0.1, -0.05) is 29.3 Å². The zero-order valence-corrected chi connectivity index (χ0v) is 17.7. The summed E-state index contributed by atoms with van der Waals surface area (Å²) in [5, 5.41) is 11.5. The third-order valence-electron chi connectivity index (χ3n) is 4.88. The number of rotatable bonds is 7. The molecular formula is C20H18Cl2F3N5O. The molecule has 0 aliphatic heterocycles. The highest BCUT2D eigenvalue weighted by Crippen LogP contribution is 2.42. The quantitative estimate of drug-likeness (QED) is 0.504. The lowest BCUT2D eigenvalue weighted by atomic mass is 10.2. The lowest BCUT2D eigenvalue weighted by Gasteiger charge is -2.07. The fourth-order valence-corrected chi connectivity index (χ4v) is 3.53. The van der Waals surface area contributed by atoms with E-state index in [0.717, 1.165) is 24.5 Å². The molecule has 1 aromatic carbocycles. The van der Waals surface area contributed by atoms with Crippen molar-refractivity contribution in [1.82, 2.24) is 19.6 Å². The number of carbonyl (C=O) groups is 1. The van der Waals surface area contributed by atoms with E-state index in [4.69, 9.17) is 23.2 Å². The molecule has 2 heterocycles. The van der Waals surface area contributed by atoms with E-state index in [9.17, 15) is 18.0 Å². The minimum absolute atomic E-state index is 0.0155. The number of hydrogen-bond acceptors (Lipinski definition) is 3. The minimum Gasteiger partial charge on any atom is -0.309 e. The van der Waals surface area contributed by atoms with Crippen LogP contribution in [0.4, 0.5) is 19.0 Å². The van der Waals surface area contributed by atoms with Crippen molar-refractivity contribution in [3.8, 4) is 0 Å². The van der Waals surface area contributed by atoms with Crippen molar-refractivity contribution in [2.75, 3.05) is 5.32 Å². The van der Waals surface area contributed by atoms with Gasteiger partial charge < -0.3 is 5.32 Å². The number of halogens is 5. The van der Waals surface area contributed by atoms with Crippen LogP contribution < -0.4 is 5.32 Å². The number of aryl methyl sites for hydroxylation is 1. The van der Waals surface area contributed by atoms with E-state index in [-0.39, 0.29) is 24.8 Å². The first-order valence-electron chi connectivity index (χ1n) is 9.61. The predicted molar refractivity (Wildman–Crippen MR) is 110 cm³/mol. The number of aromatic nitrogens is 4. The van der Waals surface area contributed by atoms with Crippen LogP contribution in [0.3, 0.4) is 0 Å². The van der Waals surface area contributed by atoms with Gasteiger partial charge in [-0.05, 0) is 36.6 Å². The first-order valence-corrected chi connectivity index (χ1v) is 10.4. The molecule has 6 nitrogen and oxygen atoms in total. The number of hydrogen-bond donors (Lipinski definition) is 1. The van der Waals surface area contributed by atoms with Crippen LogP contribution in [0.25, 0.3) is 0 Å². The Kier molecular flexibility index (Phi) is 5.98. The van der Waals surface area contributed by atoms with Gasteiger partial charge in [-0.15, -0.1) is 0 Å². The molecule has 1 aliphatic carbocycles. The molecule has 1 aliphatic rings. The summed E-state index contributed by atoms with van der Waals surface area (Å²) in [6, 6.07) is 7.98. The van der Waals surface area contributed by atoms with Gasteiger partial charge in [0.05, 0.1) is 16.6 Å². The van der Waals surface area contributed by atoms with Gasteiger partial charge >= 0.3 is 6.18 Å². The van der Waals surface area contributed by atoms with E-state index in [1.54, 1.807) is 29.1 Å². The number of alkyl halides is 3. The van der Waals surface area contributed by atoms with Crippen molar-refractivity contribution in [2.45, 2.75) is 44.4 Å². The lowest BCUT2D eigenvalue weighted by molar-refractivity contribution is -0.141. The maximum atomic E-state index is 13.0. The van der Waals surface area contributed by atoms with E-state index < -0.39 is 11.9 Å². The Morgan fingerprint density at radius 2 is 1.90 bits per heavy atom. The topological polar surface area (TPSA) is 64.7 Å².